The standard InChI is InChI=1S/C23H30N6O3S/c1-5-6-7-12-24-21(30)29-19-11-9-16-20(28-19)27-17(14-25-16)18-10-8-15(33-18)13-26-22(31)32-23(2,3)4/h8-11,14H,5-7,12-13H2,1-4H3,(H,26,31)(H2,24,27,28,29,30). The Labute approximate surface area is 197 Å². The van der Waals surface area contributed by atoms with E-state index in [1.54, 1.807) is 18.3 Å². The van der Waals surface area contributed by atoms with Gasteiger partial charge in [0.1, 0.15) is 22.6 Å². The van der Waals surface area contributed by atoms with Crippen molar-refractivity contribution < 1.29 is 14.3 Å². The minimum Gasteiger partial charge on any atom is -0.444 e. The van der Waals surface area contributed by atoms with Gasteiger partial charge in [0.05, 0.1) is 17.6 Å². The average molecular weight is 471 g/mol. The molecule has 10 heteroatoms. The lowest BCUT2D eigenvalue weighted by Crippen LogP contribution is -2.31. The van der Waals surface area contributed by atoms with Crippen LogP contribution in [-0.2, 0) is 11.3 Å². The zero-order valence-electron chi connectivity index (χ0n) is 19.4. The number of rotatable bonds is 8. The van der Waals surface area contributed by atoms with Gasteiger partial charge in [0, 0.05) is 11.4 Å². The Morgan fingerprint density at radius 1 is 1.06 bits per heavy atom. The lowest BCUT2D eigenvalue weighted by Gasteiger charge is -2.19. The highest BCUT2D eigenvalue weighted by atomic mass is 32.1. The molecule has 0 atom stereocenters. The summed E-state index contributed by atoms with van der Waals surface area (Å²) in [5.74, 6) is 0.412. The van der Waals surface area contributed by atoms with Crippen molar-refractivity contribution in [2.24, 2.45) is 0 Å². The third-order valence-corrected chi connectivity index (χ3v) is 5.54. The van der Waals surface area contributed by atoms with Crippen molar-refractivity contribution >= 4 is 40.4 Å². The fraction of sp³-hybridized carbons (Fsp3) is 0.435. The fourth-order valence-corrected chi connectivity index (χ4v) is 3.81. The number of hydrogen-bond donors (Lipinski definition) is 3. The maximum Gasteiger partial charge on any atom is 0.407 e. The van der Waals surface area contributed by atoms with Crippen LogP contribution in [0.25, 0.3) is 21.7 Å². The second-order valence-electron chi connectivity index (χ2n) is 8.50. The van der Waals surface area contributed by atoms with Gasteiger partial charge in [0.25, 0.3) is 0 Å². The van der Waals surface area contributed by atoms with E-state index in [-0.39, 0.29) is 6.03 Å². The van der Waals surface area contributed by atoms with Crippen molar-refractivity contribution in [3.05, 3.63) is 35.3 Å². The number of carbonyl (C=O) groups is 2. The largest absolute Gasteiger partial charge is 0.444 e. The van der Waals surface area contributed by atoms with Gasteiger partial charge in [-0.25, -0.2) is 19.6 Å². The van der Waals surface area contributed by atoms with Crippen molar-refractivity contribution in [3.8, 4) is 10.6 Å². The Hall–Kier alpha value is -3.27. The summed E-state index contributed by atoms with van der Waals surface area (Å²) in [5, 5.41) is 8.31. The molecule has 3 aromatic heterocycles. The molecule has 0 fully saturated rings. The Morgan fingerprint density at radius 2 is 1.88 bits per heavy atom. The molecule has 3 amide bonds. The smallest absolute Gasteiger partial charge is 0.407 e. The van der Waals surface area contributed by atoms with Crippen molar-refractivity contribution in [1.29, 1.82) is 0 Å². The molecule has 3 aromatic rings. The molecule has 0 aliphatic rings. The number of nitrogens with one attached hydrogen (secondary N) is 3. The van der Waals surface area contributed by atoms with Gasteiger partial charge in [0.2, 0.25) is 0 Å². The van der Waals surface area contributed by atoms with E-state index in [1.807, 2.05) is 32.9 Å². The van der Waals surface area contributed by atoms with Crippen LogP contribution < -0.4 is 16.0 Å². The van der Waals surface area contributed by atoms with Gasteiger partial charge in [-0.15, -0.1) is 11.3 Å². The van der Waals surface area contributed by atoms with Crippen LogP contribution in [0.4, 0.5) is 15.4 Å². The highest BCUT2D eigenvalue weighted by molar-refractivity contribution is 7.15. The molecule has 0 saturated heterocycles. The average Bonchev–Trinajstić information content (AvgIpc) is 3.23. The molecule has 3 heterocycles. The summed E-state index contributed by atoms with van der Waals surface area (Å²) >= 11 is 1.50. The fourth-order valence-electron chi connectivity index (χ4n) is 2.91. The molecule has 0 aliphatic carbocycles. The number of hydrogen-bond acceptors (Lipinski definition) is 7. The van der Waals surface area contributed by atoms with E-state index in [1.165, 1.54) is 11.3 Å². The molecule has 0 unspecified atom stereocenters. The lowest BCUT2D eigenvalue weighted by molar-refractivity contribution is 0.0524. The van der Waals surface area contributed by atoms with Gasteiger partial charge in [0.15, 0.2) is 5.65 Å². The monoisotopic (exact) mass is 470 g/mol. The number of fused-ring (bicyclic) bond motifs is 1. The molecule has 0 aromatic carbocycles. The number of ether oxygens (including phenoxy) is 1. The van der Waals surface area contributed by atoms with Gasteiger partial charge < -0.3 is 15.4 Å². The summed E-state index contributed by atoms with van der Waals surface area (Å²) in [6, 6.07) is 7.04. The Kier molecular flexibility index (Phi) is 8.16. The van der Waals surface area contributed by atoms with Crippen LogP contribution >= 0.6 is 11.3 Å². The summed E-state index contributed by atoms with van der Waals surface area (Å²) in [6.45, 7) is 8.57. The Bertz CT molecular complexity index is 1110. The zero-order valence-corrected chi connectivity index (χ0v) is 20.2. The second kappa shape index (κ2) is 11.0. The van der Waals surface area contributed by atoms with Crippen molar-refractivity contribution in [3.63, 3.8) is 0 Å². The van der Waals surface area contributed by atoms with Crippen LogP contribution in [0, 0.1) is 0 Å². The zero-order chi connectivity index (χ0) is 23.8. The molecule has 0 spiro atoms. The first-order chi connectivity index (χ1) is 15.7. The number of amides is 3. The van der Waals surface area contributed by atoms with Crippen LogP contribution in [-0.4, -0.2) is 39.2 Å². The summed E-state index contributed by atoms with van der Waals surface area (Å²) in [7, 11) is 0. The third kappa shape index (κ3) is 7.67. The predicted molar refractivity (Wildman–Crippen MR) is 130 cm³/mol. The number of anilines is 1. The Balaban J connectivity index is 1.64. The number of unbranched alkanes of at least 4 members (excludes halogenated alkanes) is 2. The van der Waals surface area contributed by atoms with E-state index >= 15 is 0 Å². The first-order valence-electron chi connectivity index (χ1n) is 11.0. The number of alkyl carbamates (subject to hydrolysis) is 1. The van der Waals surface area contributed by atoms with Crippen LogP contribution in [0.15, 0.2) is 30.5 Å². The lowest BCUT2D eigenvalue weighted by atomic mass is 10.2. The molecule has 0 bridgehead atoms. The van der Waals surface area contributed by atoms with E-state index in [0.29, 0.717) is 35.8 Å². The van der Waals surface area contributed by atoms with E-state index in [0.717, 1.165) is 29.0 Å². The minimum absolute atomic E-state index is 0.289. The number of urea groups is 1. The topological polar surface area (TPSA) is 118 Å². The molecule has 0 aliphatic heterocycles. The third-order valence-electron chi connectivity index (χ3n) is 4.43. The van der Waals surface area contributed by atoms with Gasteiger partial charge in [-0.3, -0.25) is 10.3 Å². The molecule has 33 heavy (non-hydrogen) atoms. The van der Waals surface area contributed by atoms with E-state index in [2.05, 4.69) is 37.8 Å². The number of nitrogens with zero attached hydrogens (tertiary/aromatic N) is 3. The van der Waals surface area contributed by atoms with Gasteiger partial charge in [-0.2, -0.15) is 0 Å². The van der Waals surface area contributed by atoms with Gasteiger partial charge in [-0.1, -0.05) is 19.8 Å². The molecule has 176 valence electrons. The number of thiophene rings is 1. The predicted octanol–water partition coefficient (Wildman–Crippen LogP) is 5.09. The maximum atomic E-state index is 12.1. The molecular weight excluding hydrogens is 440 g/mol. The minimum atomic E-state index is -0.540. The van der Waals surface area contributed by atoms with E-state index in [4.69, 9.17) is 4.74 Å². The molecule has 0 radical (unpaired) electrons. The number of pyridine rings is 1. The quantitative estimate of drug-likeness (QED) is 0.395. The van der Waals surface area contributed by atoms with E-state index < -0.39 is 11.7 Å². The maximum absolute atomic E-state index is 12.1. The highest BCUT2D eigenvalue weighted by Crippen LogP contribution is 2.27. The second-order valence-corrected chi connectivity index (χ2v) is 9.67. The molecule has 3 N–H and O–H groups in total. The van der Waals surface area contributed by atoms with E-state index in [9.17, 15) is 9.59 Å². The number of aromatic nitrogens is 3. The van der Waals surface area contributed by atoms with Crippen LogP contribution in [0.3, 0.4) is 0 Å². The van der Waals surface area contributed by atoms with Crippen LogP contribution in [0.1, 0.15) is 51.8 Å². The van der Waals surface area contributed by atoms with Crippen molar-refractivity contribution in [2.75, 3.05) is 11.9 Å². The summed E-state index contributed by atoms with van der Waals surface area (Å²) in [4.78, 5) is 39.2. The first kappa shape index (κ1) is 24.4. The van der Waals surface area contributed by atoms with Crippen molar-refractivity contribution in [2.45, 2.75) is 59.1 Å². The first-order valence-corrected chi connectivity index (χ1v) is 11.8. The summed E-state index contributed by atoms with van der Waals surface area (Å²) in [6.07, 6.45) is 4.35. The molecule has 9 nitrogen and oxygen atoms in total. The molecule has 0 saturated carbocycles. The number of carbonyl (C=O) groups excluding carboxylic acids is 2. The summed E-state index contributed by atoms with van der Waals surface area (Å²) in [5.41, 5.74) is 1.21. The summed E-state index contributed by atoms with van der Waals surface area (Å²) < 4.78 is 5.26. The van der Waals surface area contributed by atoms with Gasteiger partial charge in [-0.05, 0) is 51.5 Å². The SMILES string of the molecule is CCCCCNC(=O)Nc1ccc2ncc(-c3ccc(CNC(=O)OC(C)(C)C)s3)nc2n1. The Morgan fingerprint density at radius 3 is 2.64 bits per heavy atom. The molecular formula is C23H30N6O3S. The van der Waals surface area contributed by atoms with Crippen LogP contribution in [0.5, 0.6) is 0 Å². The van der Waals surface area contributed by atoms with Crippen LogP contribution in [0.2, 0.25) is 0 Å². The normalized spacial score (nSPS) is 11.3. The van der Waals surface area contributed by atoms with Crippen molar-refractivity contribution in [1.82, 2.24) is 25.6 Å². The highest BCUT2D eigenvalue weighted by Gasteiger charge is 2.16. The molecule has 3 rings (SSSR count). The van der Waals surface area contributed by atoms with Gasteiger partial charge >= 0.3 is 12.1 Å².